The van der Waals surface area contributed by atoms with Gasteiger partial charge in [-0.05, 0) is 43.4 Å². The number of carbonyl (C=O) groups excluding carboxylic acids is 1. The molecule has 1 aromatic carbocycles. The number of rotatable bonds is 8. The molecule has 0 spiro atoms. The number of esters is 1. The average Bonchev–Trinajstić information content (AvgIpc) is 2.44. The molecular formula is C16H24O3. The van der Waals surface area contributed by atoms with Crippen LogP contribution in [0.15, 0.2) is 24.3 Å². The van der Waals surface area contributed by atoms with E-state index in [1.54, 1.807) is 12.1 Å². The second-order valence-corrected chi connectivity index (χ2v) is 4.89. The summed E-state index contributed by atoms with van der Waals surface area (Å²) in [6, 6.07) is 7.36. The van der Waals surface area contributed by atoms with Gasteiger partial charge in [0.1, 0.15) is 5.75 Å². The normalized spacial score (nSPS) is 12.1. The zero-order chi connectivity index (χ0) is 14.1. The van der Waals surface area contributed by atoms with Crippen molar-refractivity contribution >= 4 is 5.97 Å². The third kappa shape index (κ3) is 5.77. The molecule has 3 nitrogen and oxygen atoms in total. The molecule has 0 saturated heterocycles. The fraction of sp³-hybridized carbons (Fsp3) is 0.562. The van der Waals surface area contributed by atoms with E-state index in [9.17, 15) is 9.90 Å². The Labute approximate surface area is 115 Å². The molecule has 0 bridgehead atoms. The molecule has 0 saturated carbocycles. The molecule has 0 aliphatic rings. The van der Waals surface area contributed by atoms with Gasteiger partial charge in [0.2, 0.25) is 0 Å². The summed E-state index contributed by atoms with van der Waals surface area (Å²) in [6.07, 6.45) is 6.08. The summed E-state index contributed by atoms with van der Waals surface area (Å²) in [5, 5.41) is 9.19. The molecule has 0 aliphatic heterocycles. The van der Waals surface area contributed by atoms with Gasteiger partial charge >= 0.3 is 5.97 Å². The highest BCUT2D eigenvalue weighted by Crippen LogP contribution is 2.17. The molecule has 1 unspecified atom stereocenters. The molecule has 1 rings (SSSR count). The van der Waals surface area contributed by atoms with Crippen molar-refractivity contribution in [1.29, 1.82) is 0 Å². The first kappa shape index (κ1) is 15.5. The van der Waals surface area contributed by atoms with Crippen LogP contribution in [0.3, 0.4) is 0 Å². The summed E-state index contributed by atoms with van der Waals surface area (Å²) in [6.45, 7) is 2.03. The van der Waals surface area contributed by atoms with E-state index in [0.717, 1.165) is 38.5 Å². The Morgan fingerprint density at radius 2 is 1.89 bits per heavy atom. The summed E-state index contributed by atoms with van der Waals surface area (Å²) in [5.74, 6) is 0.285. The standard InChI is InChI=1S/C16H24O3/c1-3-14(16(18)19-2)8-6-4-5-7-13-9-11-15(17)12-10-13/h9-12,14,17H,3-8H2,1-2H3. The number of hydrogen-bond donors (Lipinski definition) is 1. The van der Waals surface area contributed by atoms with Gasteiger partial charge in [0.15, 0.2) is 0 Å². The van der Waals surface area contributed by atoms with E-state index in [1.165, 1.54) is 12.7 Å². The third-order valence-corrected chi connectivity index (χ3v) is 3.48. The van der Waals surface area contributed by atoms with E-state index >= 15 is 0 Å². The topological polar surface area (TPSA) is 46.5 Å². The van der Waals surface area contributed by atoms with Crippen molar-refractivity contribution in [3.63, 3.8) is 0 Å². The SMILES string of the molecule is CCC(CCCCCc1ccc(O)cc1)C(=O)OC. The number of hydrogen-bond acceptors (Lipinski definition) is 3. The molecule has 3 heteroatoms. The summed E-state index contributed by atoms with van der Waals surface area (Å²) >= 11 is 0. The van der Waals surface area contributed by atoms with E-state index < -0.39 is 0 Å². The zero-order valence-electron chi connectivity index (χ0n) is 11.9. The number of carbonyl (C=O) groups is 1. The van der Waals surface area contributed by atoms with Crippen molar-refractivity contribution < 1.29 is 14.6 Å². The molecule has 0 aliphatic carbocycles. The summed E-state index contributed by atoms with van der Waals surface area (Å²) < 4.78 is 4.78. The van der Waals surface area contributed by atoms with Crippen molar-refractivity contribution in [1.82, 2.24) is 0 Å². The molecule has 1 atom stereocenters. The van der Waals surface area contributed by atoms with Gasteiger partial charge < -0.3 is 9.84 Å². The second-order valence-electron chi connectivity index (χ2n) is 4.89. The number of aryl methyl sites for hydroxylation is 1. The predicted molar refractivity (Wildman–Crippen MR) is 76.1 cm³/mol. The van der Waals surface area contributed by atoms with Crippen LogP contribution in [0.25, 0.3) is 0 Å². The molecule has 19 heavy (non-hydrogen) atoms. The van der Waals surface area contributed by atoms with Crippen LogP contribution in [0.4, 0.5) is 0 Å². The van der Waals surface area contributed by atoms with Crippen LogP contribution in [0.5, 0.6) is 5.75 Å². The maximum absolute atomic E-state index is 11.4. The van der Waals surface area contributed by atoms with Crippen LogP contribution in [-0.4, -0.2) is 18.2 Å². The maximum atomic E-state index is 11.4. The quantitative estimate of drug-likeness (QED) is 0.575. The minimum Gasteiger partial charge on any atom is -0.508 e. The lowest BCUT2D eigenvalue weighted by Gasteiger charge is -2.11. The molecule has 0 fully saturated rings. The number of methoxy groups -OCH3 is 1. The Balaban J connectivity index is 2.17. The van der Waals surface area contributed by atoms with Crippen LogP contribution in [0, 0.1) is 5.92 Å². The minimum atomic E-state index is -0.0824. The van der Waals surface area contributed by atoms with E-state index in [4.69, 9.17) is 4.74 Å². The van der Waals surface area contributed by atoms with Crippen molar-refractivity contribution in [3.05, 3.63) is 29.8 Å². The number of aromatic hydroxyl groups is 1. The number of phenolic OH excluding ortho intramolecular Hbond substituents is 1. The van der Waals surface area contributed by atoms with E-state index in [0.29, 0.717) is 5.75 Å². The Bertz CT molecular complexity index is 370. The Morgan fingerprint density at radius 1 is 1.21 bits per heavy atom. The second kappa shape index (κ2) is 8.57. The van der Waals surface area contributed by atoms with Crippen LogP contribution >= 0.6 is 0 Å². The smallest absolute Gasteiger partial charge is 0.308 e. The molecule has 106 valence electrons. The van der Waals surface area contributed by atoms with E-state index in [-0.39, 0.29) is 11.9 Å². The Kier molecular flexibility index (Phi) is 7.01. The average molecular weight is 264 g/mol. The van der Waals surface area contributed by atoms with E-state index in [2.05, 4.69) is 0 Å². The number of phenols is 1. The molecule has 0 heterocycles. The molecular weight excluding hydrogens is 240 g/mol. The van der Waals surface area contributed by atoms with Crippen molar-refractivity contribution in [2.24, 2.45) is 5.92 Å². The molecule has 0 radical (unpaired) electrons. The van der Waals surface area contributed by atoms with Crippen molar-refractivity contribution in [2.45, 2.75) is 45.4 Å². The first-order valence-electron chi connectivity index (χ1n) is 7.03. The van der Waals surface area contributed by atoms with Gasteiger partial charge in [-0.3, -0.25) is 4.79 Å². The fourth-order valence-corrected chi connectivity index (χ4v) is 2.21. The van der Waals surface area contributed by atoms with Gasteiger partial charge in [-0.15, -0.1) is 0 Å². The van der Waals surface area contributed by atoms with Crippen molar-refractivity contribution in [2.75, 3.05) is 7.11 Å². The molecule has 1 N–H and O–H groups in total. The number of ether oxygens (including phenoxy) is 1. The zero-order valence-corrected chi connectivity index (χ0v) is 11.9. The minimum absolute atomic E-state index is 0.0543. The lowest BCUT2D eigenvalue weighted by molar-refractivity contribution is -0.145. The van der Waals surface area contributed by atoms with Crippen LogP contribution in [0.2, 0.25) is 0 Å². The van der Waals surface area contributed by atoms with Gasteiger partial charge in [0.05, 0.1) is 13.0 Å². The first-order valence-corrected chi connectivity index (χ1v) is 7.03. The fourth-order valence-electron chi connectivity index (χ4n) is 2.21. The summed E-state index contributed by atoms with van der Waals surface area (Å²) in [4.78, 5) is 11.4. The monoisotopic (exact) mass is 264 g/mol. The Hall–Kier alpha value is -1.51. The first-order chi connectivity index (χ1) is 9.17. The van der Waals surface area contributed by atoms with Gasteiger partial charge in [-0.25, -0.2) is 0 Å². The van der Waals surface area contributed by atoms with Crippen molar-refractivity contribution in [3.8, 4) is 5.75 Å². The summed E-state index contributed by atoms with van der Waals surface area (Å²) in [7, 11) is 1.45. The number of benzene rings is 1. The summed E-state index contributed by atoms with van der Waals surface area (Å²) in [5.41, 5.74) is 1.25. The van der Waals surface area contributed by atoms with Gasteiger partial charge in [0, 0.05) is 0 Å². The molecule has 0 amide bonds. The largest absolute Gasteiger partial charge is 0.508 e. The highest BCUT2D eigenvalue weighted by molar-refractivity contribution is 5.72. The third-order valence-electron chi connectivity index (χ3n) is 3.48. The highest BCUT2D eigenvalue weighted by atomic mass is 16.5. The maximum Gasteiger partial charge on any atom is 0.308 e. The predicted octanol–water partition coefficient (Wildman–Crippen LogP) is 3.69. The van der Waals surface area contributed by atoms with Gasteiger partial charge in [-0.2, -0.15) is 0 Å². The highest BCUT2D eigenvalue weighted by Gasteiger charge is 2.15. The van der Waals surface area contributed by atoms with Gasteiger partial charge in [-0.1, -0.05) is 31.9 Å². The van der Waals surface area contributed by atoms with Crippen LogP contribution in [0.1, 0.15) is 44.6 Å². The van der Waals surface area contributed by atoms with E-state index in [1.807, 2.05) is 19.1 Å². The molecule has 0 aromatic heterocycles. The van der Waals surface area contributed by atoms with Crippen LogP contribution < -0.4 is 0 Å². The lowest BCUT2D eigenvalue weighted by Crippen LogP contribution is -2.15. The lowest BCUT2D eigenvalue weighted by atomic mass is 9.97. The van der Waals surface area contributed by atoms with Gasteiger partial charge in [0.25, 0.3) is 0 Å². The Morgan fingerprint density at radius 3 is 2.47 bits per heavy atom. The van der Waals surface area contributed by atoms with Crippen LogP contribution in [-0.2, 0) is 16.0 Å². The molecule has 1 aromatic rings. The number of unbranched alkanes of at least 4 members (excludes halogenated alkanes) is 2.